The number of rotatable bonds is 12. The van der Waals surface area contributed by atoms with E-state index in [0.29, 0.717) is 24.8 Å². The summed E-state index contributed by atoms with van der Waals surface area (Å²) in [5.41, 5.74) is 23.5. The number of phenolic OH excluding ortho intramolecular Hbond substituents is 1. The van der Waals surface area contributed by atoms with Crippen molar-refractivity contribution in [1.82, 2.24) is 21.3 Å². The monoisotopic (exact) mass is 700 g/mol. The van der Waals surface area contributed by atoms with E-state index in [1.54, 1.807) is 12.1 Å². The van der Waals surface area contributed by atoms with E-state index in [2.05, 4.69) is 31.3 Å². The number of aliphatic imine (C=N–C) groups is 2. The van der Waals surface area contributed by atoms with Gasteiger partial charge in [0.1, 0.15) is 23.9 Å². The van der Waals surface area contributed by atoms with E-state index in [9.17, 15) is 24.3 Å². The Hall–Kier alpha value is -5.86. The highest BCUT2D eigenvalue weighted by molar-refractivity contribution is 5.94. The molecule has 0 radical (unpaired) electrons. The van der Waals surface area contributed by atoms with Gasteiger partial charge in [-0.2, -0.15) is 0 Å². The van der Waals surface area contributed by atoms with Crippen molar-refractivity contribution in [2.75, 3.05) is 13.1 Å². The molecule has 15 heteroatoms. The van der Waals surface area contributed by atoms with Crippen molar-refractivity contribution >= 4 is 46.3 Å². The molecule has 0 saturated carbocycles. The van der Waals surface area contributed by atoms with Gasteiger partial charge in [-0.15, -0.1) is 0 Å². The number of hydrogen-bond acceptors (Lipinski definition) is 7. The van der Waals surface area contributed by atoms with Crippen molar-refractivity contribution in [2.45, 2.75) is 75.5 Å². The van der Waals surface area contributed by atoms with Crippen LogP contribution in [-0.2, 0) is 32.0 Å². The second-order valence-electron chi connectivity index (χ2n) is 12.6. The van der Waals surface area contributed by atoms with Gasteiger partial charge in [-0.1, -0.05) is 54.6 Å². The molecule has 1 aliphatic heterocycles. The second-order valence-corrected chi connectivity index (χ2v) is 12.6. The van der Waals surface area contributed by atoms with E-state index >= 15 is 0 Å². The quantitative estimate of drug-likeness (QED) is 0.0707. The number of amides is 4. The maximum Gasteiger partial charge on any atom is 0.243 e. The van der Waals surface area contributed by atoms with Crippen LogP contribution in [0.15, 0.2) is 76.7 Å². The van der Waals surface area contributed by atoms with Crippen LogP contribution in [0.2, 0.25) is 0 Å². The summed E-state index contributed by atoms with van der Waals surface area (Å²) in [5.74, 6) is -2.15. The van der Waals surface area contributed by atoms with E-state index in [4.69, 9.17) is 22.9 Å². The number of nitrogens with zero attached hydrogens (tertiary/aromatic N) is 2. The molecule has 0 aliphatic carbocycles. The molecule has 1 heterocycles. The lowest BCUT2D eigenvalue weighted by molar-refractivity contribution is -0.134. The fraction of sp³-hybridized carbons (Fsp3) is 0.389. The van der Waals surface area contributed by atoms with Crippen molar-refractivity contribution in [1.29, 1.82) is 0 Å². The van der Waals surface area contributed by atoms with E-state index in [1.165, 1.54) is 12.1 Å². The van der Waals surface area contributed by atoms with Crippen LogP contribution in [0.1, 0.15) is 49.7 Å². The summed E-state index contributed by atoms with van der Waals surface area (Å²) in [5, 5.41) is 23.4. The number of nitrogens with one attached hydrogen (secondary N) is 4. The number of guanidine groups is 2. The fourth-order valence-electron chi connectivity index (χ4n) is 5.92. The highest BCUT2D eigenvalue weighted by Gasteiger charge is 2.31. The van der Waals surface area contributed by atoms with E-state index < -0.39 is 47.8 Å². The summed E-state index contributed by atoms with van der Waals surface area (Å²) in [4.78, 5) is 62.9. The average Bonchev–Trinajstić information content (AvgIpc) is 3.09. The minimum Gasteiger partial charge on any atom is -0.508 e. The number of nitrogens with two attached hydrogens (primary N) is 4. The predicted molar refractivity (Wildman–Crippen MR) is 196 cm³/mol. The van der Waals surface area contributed by atoms with Crippen LogP contribution in [0.5, 0.6) is 5.75 Å². The number of hydrogen-bond donors (Lipinski definition) is 9. The summed E-state index contributed by atoms with van der Waals surface area (Å²) >= 11 is 0. The van der Waals surface area contributed by atoms with Crippen LogP contribution >= 0.6 is 0 Å². The Kier molecular flexibility index (Phi) is 14.0. The third kappa shape index (κ3) is 12.5. The van der Waals surface area contributed by atoms with Crippen LogP contribution in [0.25, 0.3) is 10.8 Å². The molecule has 1 fully saturated rings. The molecule has 4 atom stereocenters. The first-order valence-electron chi connectivity index (χ1n) is 17.0. The van der Waals surface area contributed by atoms with Gasteiger partial charge in [0.15, 0.2) is 11.9 Å². The second kappa shape index (κ2) is 18.8. The Morgan fingerprint density at radius 3 is 1.80 bits per heavy atom. The molecule has 4 rings (SSSR count). The van der Waals surface area contributed by atoms with Crippen molar-refractivity contribution in [3.8, 4) is 5.75 Å². The smallest absolute Gasteiger partial charge is 0.243 e. The summed E-state index contributed by atoms with van der Waals surface area (Å²) in [6, 6.07) is 16.7. The molecule has 1 saturated heterocycles. The number of benzene rings is 3. The van der Waals surface area contributed by atoms with Gasteiger partial charge in [-0.05, 0) is 72.6 Å². The lowest BCUT2D eigenvalue weighted by Gasteiger charge is -2.28. The number of carbonyl (C=O) groups is 4. The van der Waals surface area contributed by atoms with Gasteiger partial charge in [0.2, 0.25) is 23.6 Å². The minimum absolute atomic E-state index is 0.0152. The Morgan fingerprint density at radius 2 is 1.20 bits per heavy atom. The van der Waals surface area contributed by atoms with Crippen LogP contribution in [0.4, 0.5) is 0 Å². The molecule has 3 aromatic rings. The lowest BCUT2D eigenvalue weighted by Crippen LogP contribution is -2.58. The molecule has 3 aromatic carbocycles. The average molecular weight is 701 g/mol. The summed E-state index contributed by atoms with van der Waals surface area (Å²) in [7, 11) is 0. The maximum atomic E-state index is 13.9. The third-order valence-corrected chi connectivity index (χ3v) is 8.55. The maximum absolute atomic E-state index is 13.9. The third-order valence-electron chi connectivity index (χ3n) is 8.55. The summed E-state index contributed by atoms with van der Waals surface area (Å²) in [6.07, 6.45) is 1.86. The molecule has 272 valence electrons. The molecular formula is C36H48N10O5. The lowest BCUT2D eigenvalue weighted by atomic mass is 9.97. The Bertz CT molecular complexity index is 1720. The van der Waals surface area contributed by atoms with Gasteiger partial charge >= 0.3 is 0 Å². The van der Waals surface area contributed by atoms with Crippen molar-refractivity contribution in [3.05, 3.63) is 77.9 Å². The standard InChI is InChI=1S/C36H48N10O5/c37-35(38)41-17-3-7-28-32(49)43-26(20-23-9-12-24-5-1-2-6-25(24)19-23)13-16-31(48)44-30(21-22-10-14-27(47)15-11-22)34(51)46-29(33(50)45-28)8-4-18-42-36(39)40/h1-2,5-6,9-12,14-15,19,26,28-30,47H,3-4,7-8,13,16-18,20-21H2,(H,43,49)(H,44,48)(H,45,50)(H,46,51)(H4,37,38,41)(H4,39,40,42)/t26-,28+,29+,30-/m0/s1. The van der Waals surface area contributed by atoms with Gasteiger partial charge in [-0.3, -0.25) is 29.2 Å². The number of fused-ring (bicyclic) bond motifs is 1. The van der Waals surface area contributed by atoms with Crippen LogP contribution in [0.3, 0.4) is 0 Å². The van der Waals surface area contributed by atoms with Crippen molar-refractivity contribution in [3.63, 3.8) is 0 Å². The molecule has 0 bridgehead atoms. The van der Waals surface area contributed by atoms with Crippen LogP contribution < -0.4 is 44.2 Å². The van der Waals surface area contributed by atoms with Gasteiger partial charge in [0, 0.05) is 32.0 Å². The van der Waals surface area contributed by atoms with E-state index in [1.807, 2.05) is 42.5 Å². The number of phenols is 1. The van der Waals surface area contributed by atoms with Gasteiger partial charge in [-0.25, -0.2) is 0 Å². The largest absolute Gasteiger partial charge is 0.508 e. The van der Waals surface area contributed by atoms with Crippen LogP contribution in [0, 0.1) is 0 Å². The molecule has 0 aromatic heterocycles. The first-order valence-corrected chi connectivity index (χ1v) is 17.0. The normalized spacial score (nSPS) is 20.2. The topological polar surface area (TPSA) is 265 Å². The molecule has 0 spiro atoms. The van der Waals surface area contributed by atoms with Gasteiger partial charge in [0.05, 0.1) is 0 Å². The molecular weight excluding hydrogens is 652 g/mol. The van der Waals surface area contributed by atoms with E-state index in [0.717, 1.165) is 16.3 Å². The summed E-state index contributed by atoms with van der Waals surface area (Å²) < 4.78 is 0. The molecule has 1 aliphatic rings. The molecule has 13 N–H and O–H groups in total. The van der Waals surface area contributed by atoms with Crippen LogP contribution in [-0.4, -0.2) is 77.9 Å². The van der Waals surface area contributed by atoms with E-state index in [-0.39, 0.29) is 62.9 Å². The van der Waals surface area contributed by atoms with Gasteiger partial charge in [0.25, 0.3) is 0 Å². The fourth-order valence-corrected chi connectivity index (χ4v) is 5.92. The first-order chi connectivity index (χ1) is 24.5. The molecule has 15 nitrogen and oxygen atoms in total. The summed E-state index contributed by atoms with van der Waals surface area (Å²) in [6.45, 7) is 0.439. The minimum atomic E-state index is -1.09. The number of aromatic hydroxyl groups is 1. The van der Waals surface area contributed by atoms with Crippen molar-refractivity contribution in [2.24, 2.45) is 32.9 Å². The zero-order chi connectivity index (χ0) is 36.8. The highest BCUT2D eigenvalue weighted by atomic mass is 16.3. The molecule has 51 heavy (non-hydrogen) atoms. The highest BCUT2D eigenvalue weighted by Crippen LogP contribution is 2.19. The molecule has 4 amide bonds. The Labute approximate surface area is 296 Å². The first kappa shape index (κ1) is 38.0. The zero-order valence-electron chi connectivity index (χ0n) is 28.5. The Morgan fingerprint density at radius 1 is 0.647 bits per heavy atom. The SMILES string of the molecule is NC(N)=NCCC[C@H]1NC(=O)[C@H](Cc2ccc(O)cc2)NC(=O)CC[C@@H](Cc2ccc3ccccc3c2)NC(=O)[C@@H](CCCN=C(N)N)NC1=O. The van der Waals surface area contributed by atoms with Gasteiger partial charge < -0.3 is 49.3 Å². The zero-order valence-corrected chi connectivity index (χ0v) is 28.5. The molecule has 0 unspecified atom stereocenters. The Balaban J connectivity index is 1.65. The van der Waals surface area contributed by atoms with Crippen molar-refractivity contribution < 1.29 is 24.3 Å². The number of carbonyl (C=O) groups excluding carboxylic acids is 4. The predicted octanol–water partition coefficient (Wildman–Crippen LogP) is 0.171.